The van der Waals surface area contributed by atoms with E-state index in [1.54, 1.807) is 12.3 Å². The van der Waals surface area contributed by atoms with Crippen molar-refractivity contribution < 1.29 is 4.39 Å². The maximum Gasteiger partial charge on any atom is 0.117 e. The number of hydrogen-bond donors (Lipinski definition) is 0. The Morgan fingerprint density at radius 3 is 2.83 bits per heavy atom. The third-order valence-corrected chi connectivity index (χ3v) is 1.86. The van der Waals surface area contributed by atoms with Gasteiger partial charge in [-0.2, -0.15) is 0 Å². The van der Waals surface area contributed by atoms with E-state index in [9.17, 15) is 4.39 Å². The van der Waals surface area contributed by atoms with Crippen LogP contribution in [0.15, 0.2) is 36.5 Å². The lowest BCUT2D eigenvalue weighted by Crippen LogP contribution is -1.84. The van der Waals surface area contributed by atoms with Crippen molar-refractivity contribution in [2.24, 2.45) is 0 Å². The van der Waals surface area contributed by atoms with Gasteiger partial charge in [0.15, 0.2) is 0 Å². The van der Waals surface area contributed by atoms with Crippen LogP contribution in [0.4, 0.5) is 4.39 Å². The molecule has 0 aliphatic rings. The number of halogens is 1. The molecule has 1 heterocycles. The smallest absolute Gasteiger partial charge is 0.117 e. The summed E-state index contributed by atoms with van der Waals surface area (Å²) in [7, 11) is 0. The predicted octanol–water partition coefficient (Wildman–Crippen LogP) is 2.70. The van der Waals surface area contributed by atoms with Gasteiger partial charge in [0.25, 0.3) is 0 Å². The molecule has 0 bridgehead atoms. The maximum atomic E-state index is 12.4. The summed E-state index contributed by atoms with van der Waals surface area (Å²) in [5.41, 5.74) is 1.43. The minimum Gasteiger partial charge on any atom is -0.256 e. The topological polar surface area (TPSA) is 12.9 Å². The number of para-hydroxylation sites is 1. The lowest BCUT2D eigenvalue weighted by molar-refractivity contribution is 0.487. The normalized spacial score (nSPS) is 10.4. The molecule has 0 N–H and O–H groups in total. The second kappa shape index (κ2) is 2.89. The van der Waals surface area contributed by atoms with Crippen molar-refractivity contribution in [3.05, 3.63) is 42.1 Å². The fraction of sp³-hybridized carbons (Fsp3) is 0.100. The predicted molar refractivity (Wildman–Crippen MR) is 46.6 cm³/mol. The maximum absolute atomic E-state index is 12.4. The zero-order chi connectivity index (χ0) is 8.39. The van der Waals surface area contributed by atoms with Gasteiger partial charge in [-0.05, 0) is 6.07 Å². The molecule has 2 aromatic rings. The van der Waals surface area contributed by atoms with Crippen molar-refractivity contribution in [3.8, 4) is 0 Å². The van der Waals surface area contributed by atoms with Gasteiger partial charge in [-0.1, -0.05) is 24.3 Å². The molecule has 0 atom stereocenters. The average Bonchev–Trinajstić information content (AvgIpc) is 2.17. The van der Waals surface area contributed by atoms with Gasteiger partial charge in [0.1, 0.15) is 6.67 Å². The highest BCUT2D eigenvalue weighted by Gasteiger charge is 1.98. The minimum absolute atomic E-state index is 0.450. The highest BCUT2D eigenvalue weighted by molar-refractivity contribution is 5.81. The molecule has 0 amide bonds. The van der Waals surface area contributed by atoms with Gasteiger partial charge in [0.05, 0.1) is 5.52 Å². The van der Waals surface area contributed by atoms with E-state index in [4.69, 9.17) is 0 Å². The highest BCUT2D eigenvalue weighted by Crippen LogP contribution is 2.16. The van der Waals surface area contributed by atoms with Crippen LogP contribution in [0, 0.1) is 0 Å². The molecule has 0 aliphatic heterocycles. The molecule has 0 radical (unpaired) electrons. The summed E-state index contributed by atoms with van der Waals surface area (Å²) in [4.78, 5) is 4.11. The van der Waals surface area contributed by atoms with E-state index in [2.05, 4.69) is 4.98 Å². The van der Waals surface area contributed by atoms with Crippen molar-refractivity contribution >= 4 is 10.9 Å². The molecule has 0 spiro atoms. The van der Waals surface area contributed by atoms with Gasteiger partial charge in [-0.25, -0.2) is 4.39 Å². The molecule has 0 fully saturated rings. The van der Waals surface area contributed by atoms with Crippen LogP contribution in [-0.4, -0.2) is 4.98 Å². The van der Waals surface area contributed by atoms with E-state index in [-0.39, 0.29) is 0 Å². The third-order valence-electron chi connectivity index (χ3n) is 1.86. The number of aromatic nitrogens is 1. The number of benzene rings is 1. The molecule has 0 unspecified atom stereocenters. The van der Waals surface area contributed by atoms with Crippen LogP contribution in [0.25, 0.3) is 10.9 Å². The second-order valence-corrected chi connectivity index (χ2v) is 2.63. The van der Waals surface area contributed by atoms with E-state index >= 15 is 0 Å². The summed E-state index contributed by atoms with van der Waals surface area (Å²) in [5.74, 6) is 0. The molecule has 2 heteroatoms. The van der Waals surface area contributed by atoms with Crippen molar-refractivity contribution in [2.75, 3.05) is 0 Å². The molecule has 12 heavy (non-hydrogen) atoms. The first-order valence-electron chi connectivity index (χ1n) is 3.80. The largest absolute Gasteiger partial charge is 0.256 e. The van der Waals surface area contributed by atoms with Crippen molar-refractivity contribution in [2.45, 2.75) is 6.67 Å². The fourth-order valence-corrected chi connectivity index (χ4v) is 1.28. The Balaban J connectivity index is 2.79. The van der Waals surface area contributed by atoms with E-state index in [1.165, 1.54) is 0 Å². The highest BCUT2D eigenvalue weighted by atomic mass is 19.1. The minimum atomic E-state index is -0.450. The average molecular weight is 161 g/mol. The SMILES string of the molecule is FCc1cccc2cccnc12. The number of rotatable bonds is 1. The summed E-state index contributed by atoms with van der Waals surface area (Å²) in [6.07, 6.45) is 1.68. The zero-order valence-electron chi connectivity index (χ0n) is 6.50. The fourth-order valence-electron chi connectivity index (χ4n) is 1.28. The van der Waals surface area contributed by atoms with E-state index < -0.39 is 6.67 Å². The molecular weight excluding hydrogens is 153 g/mol. The lowest BCUT2D eigenvalue weighted by atomic mass is 10.1. The summed E-state index contributed by atoms with van der Waals surface area (Å²) in [5, 5.41) is 0.993. The molecule has 60 valence electrons. The standard InChI is InChI=1S/C10H8FN/c11-7-9-4-1-3-8-5-2-6-12-10(8)9/h1-6H,7H2. The van der Waals surface area contributed by atoms with Crippen molar-refractivity contribution in [3.63, 3.8) is 0 Å². The Hall–Kier alpha value is -1.44. The molecule has 0 saturated carbocycles. The number of pyridine rings is 1. The van der Waals surface area contributed by atoms with Gasteiger partial charge in [0, 0.05) is 17.1 Å². The first-order valence-corrected chi connectivity index (χ1v) is 3.80. The van der Waals surface area contributed by atoms with Gasteiger partial charge < -0.3 is 0 Å². The van der Waals surface area contributed by atoms with Crippen LogP contribution in [0.5, 0.6) is 0 Å². The van der Waals surface area contributed by atoms with Crippen LogP contribution in [-0.2, 0) is 6.67 Å². The second-order valence-electron chi connectivity index (χ2n) is 2.63. The first-order chi connectivity index (χ1) is 5.92. The number of alkyl halides is 1. The Bertz CT molecular complexity index is 392. The van der Waals surface area contributed by atoms with Gasteiger partial charge in [-0.15, -0.1) is 0 Å². The number of hydrogen-bond acceptors (Lipinski definition) is 1. The molecule has 2 rings (SSSR count). The van der Waals surface area contributed by atoms with Crippen molar-refractivity contribution in [1.29, 1.82) is 0 Å². The Morgan fingerprint density at radius 2 is 2.00 bits per heavy atom. The van der Waals surface area contributed by atoms with Crippen LogP contribution >= 0.6 is 0 Å². The summed E-state index contributed by atoms with van der Waals surface area (Å²) >= 11 is 0. The van der Waals surface area contributed by atoms with Crippen LogP contribution < -0.4 is 0 Å². The molecule has 1 aromatic carbocycles. The van der Waals surface area contributed by atoms with Gasteiger partial charge in [-0.3, -0.25) is 4.98 Å². The van der Waals surface area contributed by atoms with Crippen LogP contribution in [0.2, 0.25) is 0 Å². The van der Waals surface area contributed by atoms with Gasteiger partial charge in [0.2, 0.25) is 0 Å². The molecule has 1 nitrogen and oxygen atoms in total. The Morgan fingerprint density at radius 1 is 1.17 bits per heavy atom. The zero-order valence-corrected chi connectivity index (χ0v) is 6.50. The quantitative estimate of drug-likeness (QED) is 0.626. The monoisotopic (exact) mass is 161 g/mol. The molecule has 0 saturated heterocycles. The summed E-state index contributed by atoms with van der Waals surface area (Å²) < 4.78 is 12.4. The molecule has 1 aromatic heterocycles. The Kier molecular flexibility index (Phi) is 1.74. The van der Waals surface area contributed by atoms with Gasteiger partial charge >= 0.3 is 0 Å². The van der Waals surface area contributed by atoms with E-state index in [0.29, 0.717) is 5.56 Å². The van der Waals surface area contributed by atoms with E-state index in [1.807, 2.05) is 24.3 Å². The Labute approximate surface area is 69.9 Å². The van der Waals surface area contributed by atoms with Crippen LogP contribution in [0.1, 0.15) is 5.56 Å². The van der Waals surface area contributed by atoms with E-state index in [0.717, 1.165) is 10.9 Å². The molecular formula is C10H8FN. The lowest BCUT2D eigenvalue weighted by Gasteiger charge is -1.99. The third kappa shape index (κ3) is 1.05. The summed E-state index contributed by atoms with van der Waals surface area (Å²) in [6, 6.07) is 9.32. The first kappa shape index (κ1) is 7.22. The molecule has 0 aliphatic carbocycles. The van der Waals surface area contributed by atoms with Crippen LogP contribution in [0.3, 0.4) is 0 Å². The number of fused-ring (bicyclic) bond motifs is 1. The number of nitrogens with zero attached hydrogens (tertiary/aromatic N) is 1. The summed E-state index contributed by atoms with van der Waals surface area (Å²) in [6.45, 7) is -0.450. The van der Waals surface area contributed by atoms with Crippen molar-refractivity contribution in [1.82, 2.24) is 4.98 Å².